The largest absolute Gasteiger partial charge is 0.373 e. The quantitative estimate of drug-likeness (QED) is 0.350. The van der Waals surface area contributed by atoms with Gasteiger partial charge in [0.15, 0.2) is 0 Å². The molecule has 6 heteroatoms. The lowest BCUT2D eigenvalue weighted by molar-refractivity contribution is -0.442. The predicted octanol–water partition coefficient (Wildman–Crippen LogP) is 5.06. The van der Waals surface area contributed by atoms with E-state index in [9.17, 15) is 9.59 Å². The van der Waals surface area contributed by atoms with Gasteiger partial charge in [-0.15, -0.1) is 9.78 Å². The zero-order valence-corrected chi connectivity index (χ0v) is 17.6. The van der Waals surface area contributed by atoms with Gasteiger partial charge in [0, 0.05) is 5.41 Å². The molecule has 0 fully saturated rings. The Kier molecular flexibility index (Phi) is 7.93. The first-order chi connectivity index (χ1) is 13.7. The van der Waals surface area contributed by atoms with Crippen LogP contribution < -0.4 is 0 Å². The molecule has 0 N–H and O–H groups in total. The molecule has 156 valence electrons. The van der Waals surface area contributed by atoms with Crippen molar-refractivity contribution < 1.29 is 29.1 Å². The van der Waals surface area contributed by atoms with Crippen LogP contribution in [0.2, 0.25) is 0 Å². The van der Waals surface area contributed by atoms with E-state index in [0.29, 0.717) is 11.1 Å². The first-order valence-corrected chi connectivity index (χ1v) is 9.67. The molecule has 0 saturated carbocycles. The summed E-state index contributed by atoms with van der Waals surface area (Å²) in [4.78, 5) is 44.5. The van der Waals surface area contributed by atoms with E-state index in [1.165, 1.54) is 0 Å². The van der Waals surface area contributed by atoms with Crippen molar-refractivity contribution in [2.45, 2.75) is 53.8 Å². The third-order valence-corrected chi connectivity index (χ3v) is 4.33. The van der Waals surface area contributed by atoms with E-state index in [-0.39, 0.29) is 0 Å². The number of hydrogen-bond donors (Lipinski definition) is 0. The minimum Gasteiger partial charge on any atom is -0.290 e. The average Bonchev–Trinajstić information content (AvgIpc) is 2.72. The van der Waals surface area contributed by atoms with E-state index < -0.39 is 23.6 Å². The fourth-order valence-electron chi connectivity index (χ4n) is 2.33. The van der Waals surface area contributed by atoms with Crippen LogP contribution in [0, 0.1) is 5.41 Å². The first-order valence-electron chi connectivity index (χ1n) is 9.67. The van der Waals surface area contributed by atoms with Crippen LogP contribution in [-0.2, 0) is 32.4 Å². The van der Waals surface area contributed by atoms with Crippen LogP contribution >= 0.6 is 0 Å². The molecule has 0 unspecified atom stereocenters. The third-order valence-electron chi connectivity index (χ3n) is 4.33. The Morgan fingerprint density at radius 2 is 1.07 bits per heavy atom. The molecule has 0 saturated heterocycles. The molecule has 0 radical (unpaired) electrons. The number of carbonyl (C=O) groups is 2. The van der Waals surface area contributed by atoms with Crippen molar-refractivity contribution in [3.8, 4) is 0 Å². The number of hydrogen-bond acceptors (Lipinski definition) is 6. The number of benzene rings is 2. The van der Waals surface area contributed by atoms with Crippen LogP contribution in [0.5, 0.6) is 0 Å². The zero-order valence-electron chi connectivity index (χ0n) is 17.6. The topological polar surface area (TPSA) is 71.1 Å². The highest BCUT2D eigenvalue weighted by Crippen LogP contribution is 2.24. The molecular formula is C23H28O6. The molecule has 2 rings (SSSR count). The van der Waals surface area contributed by atoms with E-state index in [2.05, 4.69) is 0 Å². The van der Waals surface area contributed by atoms with E-state index >= 15 is 0 Å². The molecule has 0 aromatic heterocycles. The van der Waals surface area contributed by atoms with Crippen molar-refractivity contribution in [1.82, 2.24) is 0 Å². The highest BCUT2D eigenvalue weighted by atomic mass is 17.3. The molecule has 0 aliphatic rings. The highest BCUT2D eigenvalue weighted by molar-refractivity contribution is 5.89. The molecule has 0 bridgehead atoms. The van der Waals surface area contributed by atoms with Gasteiger partial charge in [0.1, 0.15) is 0 Å². The maximum atomic E-state index is 12.2. The van der Waals surface area contributed by atoms with Gasteiger partial charge in [0.25, 0.3) is 6.29 Å². The fourth-order valence-corrected chi connectivity index (χ4v) is 2.33. The second-order valence-corrected chi connectivity index (χ2v) is 7.73. The second kappa shape index (κ2) is 10.2. The van der Waals surface area contributed by atoms with Crippen LogP contribution in [0.15, 0.2) is 48.5 Å². The van der Waals surface area contributed by atoms with Crippen molar-refractivity contribution in [2.75, 3.05) is 0 Å². The van der Waals surface area contributed by atoms with Crippen LogP contribution in [0.25, 0.3) is 0 Å². The minimum atomic E-state index is -1.11. The summed E-state index contributed by atoms with van der Waals surface area (Å²) in [7, 11) is 0. The number of aryl methyl sites for hydroxylation is 2. The molecular weight excluding hydrogens is 372 g/mol. The zero-order chi connectivity index (χ0) is 21.4. The third kappa shape index (κ3) is 6.69. The van der Waals surface area contributed by atoms with E-state index in [0.717, 1.165) is 24.0 Å². The normalized spacial score (nSPS) is 11.4. The van der Waals surface area contributed by atoms with Gasteiger partial charge < -0.3 is 0 Å². The monoisotopic (exact) mass is 400 g/mol. The Morgan fingerprint density at radius 3 is 1.34 bits per heavy atom. The summed E-state index contributed by atoms with van der Waals surface area (Å²) in [5.74, 6) is -1.32. The lowest BCUT2D eigenvalue weighted by Gasteiger charge is -2.26. The Labute approximate surface area is 171 Å². The summed E-state index contributed by atoms with van der Waals surface area (Å²) in [5.41, 5.74) is 2.29. The second-order valence-electron chi connectivity index (χ2n) is 7.73. The SMILES string of the molecule is CCc1ccc(C(=O)OOC(OOC(=O)c2ccc(CC)cc2)C(C)(C)C)cc1. The Hall–Kier alpha value is -2.70. The summed E-state index contributed by atoms with van der Waals surface area (Å²) in [6.45, 7) is 9.45. The lowest BCUT2D eigenvalue weighted by Crippen LogP contribution is -2.34. The fraction of sp³-hybridized carbons (Fsp3) is 0.391. The summed E-state index contributed by atoms with van der Waals surface area (Å²) in [6.07, 6.45) is 0.636. The molecule has 0 spiro atoms. The smallest absolute Gasteiger partial charge is 0.290 e. The van der Waals surface area contributed by atoms with Crippen molar-refractivity contribution in [2.24, 2.45) is 5.41 Å². The first kappa shape index (κ1) is 22.6. The molecule has 0 heterocycles. The molecule has 0 aliphatic heterocycles. The molecule has 6 nitrogen and oxygen atoms in total. The van der Waals surface area contributed by atoms with Gasteiger partial charge in [-0.05, 0) is 48.2 Å². The molecule has 2 aromatic carbocycles. The van der Waals surface area contributed by atoms with Gasteiger partial charge in [-0.1, -0.05) is 58.9 Å². The van der Waals surface area contributed by atoms with E-state index in [4.69, 9.17) is 19.6 Å². The van der Waals surface area contributed by atoms with Crippen LogP contribution in [0.4, 0.5) is 0 Å². The maximum absolute atomic E-state index is 12.2. The van der Waals surface area contributed by atoms with Gasteiger partial charge in [0.2, 0.25) is 0 Å². The van der Waals surface area contributed by atoms with E-state index in [1.807, 2.05) is 38.1 Å². The molecule has 0 amide bonds. The molecule has 29 heavy (non-hydrogen) atoms. The van der Waals surface area contributed by atoms with Gasteiger partial charge in [-0.2, -0.15) is 0 Å². The predicted molar refractivity (Wildman–Crippen MR) is 108 cm³/mol. The molecule has 0 atom stereocenters. The standard InChI is InChI=1S/C23H28O6/c1-6-16-8-12-18(13-9-16)20(24)26-28-22(23(3,4)5)29-27-21(25)19-14-10-17(7-2)11-15-19/h8-15,22H,6-7H2,1-5H3. The molecule has 0 aliphatic carbocycles. The van der Waals surface area contributed by atoms with Crippen molar-refractivity contribution in [3.05, 3.63) is 70.8 Å². The number of carbonyl (C=O) groups excluding carboxylic acids is 2. The Morgan fingerprint density at radius 1 is 0.724 bits per heavy atom. The van der Waals surface area contributed by atoms with Gasteiger partial charge in [0.05, 0.1) is 11.1 Å². The summed E-state index contributed by atoms with van der Waals surface area (Å²) in [6, 6.07) is 14.0. The Bertz CT molecular complexity index is 739. The van der Waals surface area contributed by atoms with Gasteiger partial charge >= 0.3 is 11.9 Å². The maximum Gasteiger partial charge on any atom is 0.373 e. The van der Waals surface area contributed by atoms with Crippen molar-refractivity contribution >= 4 is 11.9 Å². The summed E-state index contributed by atoms with van der Waals surface area (Å²) in [5, 5.41) is 0. The lowest BCUT2D eigenvalue weighted by atomic mass is 9.96. The Balaban J connectivity index is 1.94. The molecule has 2 aromatic rings. The number of rotatable bonds is 8. The van der Waals surface area contributed by atoms with Crippen LogP contribution in [-0.4, -0.2) is 18.2 Å². The average molecular weight is 400 g/mol. The minimum absolute atomic E-state index is 0.350. The van der Waals surface area contributed by atoms with Crippen LogP contribution in [0.1, 0.15) is 66.5 Å². The summed E-state index contributed by atoms with van der Waals surface area (Å²) < 4.78 is 0. The van der Waals surface area contributed by atoms with E-state index in [1.54, 1.807) is 45.0 Å². The summed E-state index contributed by atoms with van der Waals surface area (Å²) >= 11 is 0. The highest BCUT2D eigenvalue weighted by Gasteiger charge is 2.32. The van der Waals surface area contributed by atoms with Crippen LogP contribution in [0.3, 0.4) is 0 Å². The van der Waals surface area contributed by atoms with Crippen molar-refractivity contribution in [3.63, 3.8) is 0 Å². The van der Waals surface area contributed by atoms with Gasteiger partial charge in [-0.25, -0.2) is 9.59 Å². The van der Waals surface area contributed by atoms with Gasteiger partial charge in [-0.3, -0.25) is 9.78 Å². The van der Waals surface area contributed by atoms with Crippen molar-refractivity contribution in [1.29, 1.82) is 0 Å².